The molecule has 3 aromatic rings. The Hall–Kier alpha value is -4.37. The van der Waals surface area contributed by atoms with E-state index in [9.17, 15) is 29.8 Å². The number of amides is 1. The molecule has 206 valence electrons. The molecule has 1 aliphatic rings. The van der Waals surface area contributed by atoms with E-state index in [1.165, 1.54) is 11.3 Å². The van der Waals surface area contributed by atoms with Gasteiger partial charge in [0.15, 0.2) is 0 Å². The number of fused-ring (bicyclic) bond motifs is 1. The van der Waals surface area contributed by atoms with Gasteiger partial charge < -0.3 is 25.5 Å². The average molecular weight is 560 g/mol. The lowest BCUT2D eigenvalue weighted by Gasteiger charge is -2.44. The van der Waals surface area contributed by atoms with Crippen molar-refractivity contribution in [3.63, 3.8) is 0 Å². The average Bonchev–Trinajstić information content (AvgIpc) is 3.29. The summed E-state index contributed by atoms with van der Waals surface area (Å²) in [5.74, 6) is -1.96. The second kappa shape index (κ2) is 12.0. The Balaban J connectivity index is 1.29. The van der Waals surface area contributed by atoms with Gasteiger partial charge in [0.1, 0.15) is 19.8 Å². The van der Waals surface area contributed by atoms with Crippen molar-refractivity contribution >= 4 is 38.3 Å². The van der Waals surface area contributed by atoms with Gasteiger partial charge in [-0.25, -0.2) is 0 Å². The van der Waals surface area contributed by atoms with Crippen molar-refractivity contribution in [3.05, 3.63) is 80.1 Å². The molecule has 4 rings (SSSR count). The van der Waals surface area contributed by atoms with Crippen LogP contribution in [0, 0.1) is 31.6 Å². The van der Waals surface area contributed by atoms with Crippen molar-refractivity contribution in [2.24, 2.45) is 17.1 Å². The van der Waals surface area contributed by atoms with Crippen LogP contribution in [0.25, 0.3) is 10.1 Å². The van der Waals surface area contributed by atoms with Gasteiger partial charge >= 0.3 is 5.97 Å². The van der Waals surface area contributed by atoms with Gasteiger partial charge in [0.2, 0.25) is 5.91 Å². The van der Waals surface area contributed by atoms with Gasteiger partial charge in [-0.3, -0.25) is 14.6 Å². The number of carbonyl (C=O) groups excluding carboxylic acids is 2. The number of carbonyl (C=O) groups is 2. The van der Waals surface area contributed by atoms with E-state index in [1.807, 2.05) is 12.1 Å². The summed E-state index contributed by atoms with van der Waals surface area (Å²) in [6.45, 7) is -0.782. The Bertz CT molecular complexity index is 1300. The van der Waals surface area contributed by atoms with Crippen molar-refractivity contribution in [2.45, 2.75) is 25.4 Å². The highest BCUT2D eigenvalue weighted by Gasteiger charge is 2.49. The summed E-state index contributed by atoms with van der Waals surface area (Å²) >= 11 is 1.42. The largest absolute Gasteiger partial charge is 0.461 e. The monoisotopic (exact) mass is 559 g/mol. The molecule has 3 N–H and O–H groups in total. The van der Waals surface area contributed by atoms with Crippen LogP contribution in [-0.2, 0) is 30.6 Å². The zero-order chi connectivity index (χ0) is 28.0. The number of nitrogens with two attached hydrogens (primary N) is 1. The molecule has 0 radical (unpaired) electrons. The fraction of sp³-hybridized carbons (Fsp3) is 0.375. The van der Waals surface area contributed by atoms with Gasteiger partial charge in [-0.1, -0.05) is 24.3 Å². The first-order valence-corrected chi connectivity index (χ1v) is 12.6. The minimum Gasteiger partial charge on any atom is -0.461 e. The van der Waals surface area contributed by atoms with E-state index in [-0.39, 0.29) is 31.9 Å². The molecule has 1 aliphatic carbocycles. The molecule has 0 saturated heterocycles. The Morgan fingerprint density at radius 2 is 1.79 bits per heavy atom. The van der Waals surface area contributed by atoms with E-state index in [4.69, 9.17) is 10.5 Å². The number of hydrogen-bond acceptors (Lipinski definition) is 12. The molecule has 0 bridgehead atoms. The summed E-state index contributed by atoms with van der Waals surface area (Å²) in [5, 5.41) is 23.6. The molecule has 1 aromatic carbocycles. The van der Waals surface area contributed by atoms with Crippen molar-refractivity contribution in [2.75, 3.05) is 25.1 Å². The van der Waals surface area contributed by atoms with E-state index in [2.05, 4.69) is 20.0 Å². The maximum absolute atomic E-state index is 12.9. The normalized spacial score (nSPS) is 15.1. The topological polar surface area (TPSA) is 199 Å². The fourth-order valence-corrected chi connectivity index (χ4v) is 5.41. The molecule has 1 fully saturated rings. The zero-order valence-corrected chi connectivity index (χ0v) is 21.3. The number of benzene rings is 1. The lowest BCUT2D eigenvalue weighted by Crippen LogP contribution is -2.48. The number of esters is 1. The molecular weight excluding hydrogens is 534 g/mol. The number of thiophene rings is 1. The van der Waals surface area contributed by atoms with Crippen LogP contribution in [0.4, 0.5) is 5.00 Å². The number of rotatable bonds is 13. The fourth-order valence-electron chi connectivity index (χ4n) is 4.48. The van der Waals surface area contributed by atoms with Gasteiger partial charge in [0.05, 0.1) is 21.5 Å². The highest BCUT2D eigenvalue weighted by Crippen LogP contribution is 2.47. The van der Waals surface area contributed by atoms with Crippen LogP contribution in [0.15, 0.2) is 48.8 Å². The third kappa shape index (κ3) is 6.94. The number of aromatic nitrogens is 1. The number of anilines is 1. The molecule has 1 saturated carbocycles. The Morgan fingerprint density at radius 3 is 2.38 bits per heavy atom. The number of hydrogen-bond donors (Lipinski definition) is 2. The van der Waals surface area contributed by atoms with Gasteiger partial charge in [0.25, 0.3) is 10.2 Å². The minimum atomic E-state index is -1.02. The minimum absolute atomic E-state index is 0.0330. The molecule has 1 amide bonds. The van der Waals surface area contributed by atoms with Crippen LogP contribution in [0.3, 0.4) is 0 Å². The zero-order valence-electron chi connectivity index (χ0n) is 20.5. The Kier molecular flexibility index (Phi) is 8.51. The highest BCUT2D eigenvalue weighted by atomic mass is 32.1. The third-order valence-corrected chi connectivity index (χ3v) is 7.53. The summed E-state index contributed by atoms with van der Waals surface area (Å²) in [6.07, 6.45) is 3.61. The maximum Gasteiger partial charge on any atom is 0.309 e. The van der Waals surface area contributed by atoms with Gasteiger partial charge in [-0.05, 0) is 41.5 Å². The summed E-state index contributed by atoms with van der Waals surface area (Å²) in [7, 11) is 0. The number of nitrogens with zero attached hydrogens (tertiary/aromatic N) is 3. The molecular formula is C24H25N5O9S. The predicted molar refractivity (Wildman–Crippen MR) is 137 cm³/mol. The van der Waals surface area contributed by atoms with Crippen molar-refractivity contribution in [1.29, 1.82) is 0 Å². The second-order valence-electron chi connectivity index (χ2n) is 9.25. The van der Waals surface area contributed by atoms with Gasteiger partial charge in [0, 0.05) is 24.4 Å². The summed E-state index contributed by atoms with van der Waals surface area (Å²) < 4.78 is 6.32. The molecule has 0 unspecified atom stereocenters. The highest BCUT2D eigenvalue weighted by molar-refractivity contribution is 7.22. The summed E-state index contributed by atoms with van der Waals surface area (Å²) in [4.78, 5) is 59.2. The first-order chi connectivity index (χ1) is 18.7. The van der Waals surface area contributed by atoms with Crippen molar-refractivity contribution in [1.82, 2.24) is 4.98 Å². The standard InChI is InChI=1S/C24H25N5O9S/c25-10-19(22(30)27-21-7-17-5-6-26-11-20(17)39-21)16-3-1-15(2-4-16)12-36-23(31)18-8-24(9-18,13-37-28(32)33)14-38-29(34)35/h1-7,11,18-19H,8-10,12-14,25H2,(H,27,30)/t19-/m1/s1. The molecule has 2 aromatic heterocycles. The van der Waals surface area contributed by atoms with Gasteiger partial charge in [-0.15, -0.1) is 31.6 Å². The van der Waals surface area contributed by atoms with E-state index in [1.54, 1.807) is 36.7 Å². The molecule has 1 atom stereocenters. The molecule has 0 spiro atoms. The van der Waals surface area contributed by atoms with Crippen LogP contribution in [0.1, 0.15) is 29.9 Å². The second-order valence-corrected chi connectivity index (χ2v) is 10.3. The Labute approximate surface area is 225 Å². The molecule has 0 aliphatic heterocycles. The predicted octanol–water partition coefficient (Wildman–Crippen LogP) is 2.83. The van der Waals surface area contributed by atoms with Crippen molar-refractivity contribution in [3.8, 4) is 0 Å². The molecule has 14 nitrogen and oxygen atoms in total. The van der Waals surface area contributed by atoms with Crippen LogP contribution in [0.5, 0.6) is 0 Å². The number of pyridine rings is 1. The lowest BCUT2D eigenvalue weighted by molar-refractivity contribution is -0.773. The quantitative estimate of drug-likeness (QED) is 0.177. The Morgan fingerprint density at radius 1 is 1.13 bits per heavy atom. The van der Waals surface area contributed by atoms with Crippen LogP contribution in [-0.4, -0.2) is 46.8 Å². The van der Waals surface area contributed by atoms with Crippen LogP contribution < -0.4 is 11.1 Å². The van der Waals surface area contributed by atoms with E-state index < -0.39 is 46.6 Å². The van der Waals surface area contributed by atoms with E-state index in [0.29, 0.717) is 16.1 Å². The van der Waals surface area contributed by atoms with Gasteiger partial charge in [-0.2, -0.15) is 0 Å². The van der Waals surface area contributed by atoms with E-state index >= 15 is 0 Å². The SMILES string of the molecule is NC[C@@H](C(=O)Nc1cc2ccncc2s1)c1ccc(COC(=O)C2CC(CO[N+](=O)[O-])(CO[N+](=O)[O-])C2)cc1. The smallest absolute Gasteiger partial charge is 0.309 e. The number of nitrogens with one attached hydrogen (secondary N) is 1. The van der Waals surface area contributed by atoms with Crippen molar-refractivity contribution < 1.29 is 34.2 Å². The molecule has 15 heteroatoms. The maximum atomic E-state index is 12.9. The molecule has 39 heavy (non-hydrogen) atoms. The first-order valence-electron chi connectivity index (χ1n) is 11.8. The lowest BCUT2D eigenvalue weighted by atomic mass is 9.63. The summed E-state index contributed by atoms with van der Waals surface area (Å²) in [5.41, 5.74) is 6.26. The number of ether oxygens (including phenoxy) is 1. The summed E-state index contributed by atoms with van der Waals surface area (Å²) in [6, 6.07) is 10.7. The van der Waals surface area contributed by atoms with Crippen LogP contribution >= 0.6 is 11.3 Å². The van der Waals surface area contributed by atoms with Crippen LogP contribution in [0.2, 0.25) is 0 Å². The first kappa shape index (κ1) is 27.7. The third-order valence-electron chi connectivity index (χ3n) is 6.53. The van der Waals surface area contributed by atoms with E-state index in [0.717, 1.165) is 10.1 Å². The molecule has 2 heterocycles.